The first-order chi connectivity index (χ1) is 10.1. The van der Waals surface area contributed by atoms with E-state index in [4.69, 9.17) is 11.6 Å². The molecule has 106 valence electrons. The Hall–Kier alpha value is -2.24. The molecule has 1 heterocycles. The van der Waals surface area contributed by atoms with Gasteiger partial charge in [-0.3, -0.25) is 0 Å². The van der Waals surface area contributed by atoms with Crippen LogP contribution in [0.1, 0.15) is 18.6 Å². The number of tetrazole rings is 1. The summed E-state index contributed by atoms with van der Waals surface area (Å²) in [4.78, 5) is 1.39. The summed E-state index contributed by atoms with van der Waals surface area (Å²) in [6.07, 6.45) is -0.569. The summed E-state index contributed by atoms with van der Waals surface area (Å²) in [5, 5.41) is 22.4. The summed E-state index contributed by atoms with van der Waals surface area (Å²) in [6.45, 7) is 1.69. The van der Waals surface area contributed by atoms with E-state index in [-0.39, 0.29) is 0 Å². The second kappa shape index (κ2) is 5.63. The van der Waals surface area contributed by atoms with Crippen LogP contribution in [0.4, 0.5) is 0 Å². The third-order valence-corrected chi connectivity index (χ3v) is 3.42. The van der Waals surface area contributed by atoms with E-state index in [0.29, 0.717) is 16.5 Å². The zero-order valence-corrected chi connectivity index (χ0v) is 12.1. The SMILES string of the molecule is C[C@@H](O)c1ccc(-n2nnc(-c3ccccc3)n2)c(Cl)c1. The normalized spacial score (nSPS) is 12.3. The molecule has 1 N–H and O–H groups in total. The second-order valence-corrected chi connectivity index (χ2v) is 5.06. The highest BCUT2D eigenvalue weighted by molar-refractivity contribution is 6.32. The van der Waals surface area contributed by atoms with Gasteiger partial charge in [0, 0.05) is 5.56 Å². The van der Waals surface area contributed by atoms with Gasteiger partial charge in [-0.2, -0.15) is 0 Å². The number of hydrogen-bond donors (Lipinski definition) is 1. The van der Waals surface area contributed by atoms with Crippen LogP contribution in [0.15, 0.2) is 48.5 Å². The number of nitrogens with zero attached hydrogens (tertiary/aromatic N) is 4. The molecule has 0 saturated heterocycles. The van der Waals surface area contributed by atoms with Crippen molar-refractivity contribution in [3.8, 4) is 17.1 Å². The summed E-state index contributed by atoms with van der Waals surface area (Å²) in [6, 6.07) is 14.9. The van der Waals surface area contributed by atoms with E-state index in [2.05, 4.69) is 15.4 Å². The monoisotopic (exact) mass is 300 g/mol. The minimum atomic E-state index is -0.569. The van der Waals surface area contributed by atoms with E-state index in [1.54, 1.807) is 25.1 Å². The lowest BCUT2D eigenvalue weighted by molar-refractivity contribution is 0.199. The number of aliphatic hydroxyl groups is 1. The standard InChI is InChI=1S/C15H13ClN4O/c1-10(21)12-7-8-14(13(16)9-12)20-18-15(17-19-20)11-5-3-2-4-6-11/h2-10,21H,1H3/t10-/m1/s1. The highest BCUT2D eigenvalue weighted by atomic mass is 35.5. The van der Waals surface area contributed by atoms with Crippen LogP contribution in [0.5, 0.6) is 0 Å². The van der Waals surface area contributed by atoms with E-state index < -0.39 is 6.10 Å². The van der Waals surface area contributed by atoms with Crippen LogP contribution in [0, 0.1) is 0 Å². The van der Waals surface area contributed by atoms with Crippen LogP contribution in [-0.2, 0) is 0 Å². The van der Waals surface area contributed by atoms with Crippen molar-refractivity contribution in [3.05, 3.63) is 59.1 Å². The zero-order chi connectivity index (χ0) is 14.8. The van der Waals surface area contributed by atoms with E-state index in [9.17, 15) is 5.11 Å². The summed E-state index contributed by atoms with van der Waals surface area (Å²) in [7, 11) is 0. The lowest BCUT2D eigenvalue weighted by Gasteiger charge is -2.07. The molecule has 3 rings (SSSR count). The van der Waals surface area contributed by atoms with Crippen molar-refractivity contribution >= 4 is 11.6 Å². The first-order valence-electron chi connectivity index (χ1n) is 6.48. The first kappa shape index (κ1) is 13.7. The van der Waals surface area contributed by atoms with Crippen LogP contribution in [0.3, 0.4) is 0 Å². The largest absolute Gasteiger partial charge is 0.389 e. The highest BCUT2D eigenvalue weighted by Gasteiger charge is 2.11. The molecule has 2 aromatic carbocycles. The zero-order valence-electron chi connectivity index (χ0n) is 11.3. The molecular weight excluding hydrogens is 288 g/mol. The molecule has 0 radical (unpaired) electrons. The van der Waals surface area contributed by atoms with Gasteiger partial charge in [0.2, 0.25) is 5.82 Å². The maximum atomic E-state index is 9.55. The van der Waals surface area contributed by atoms with Crippen LogP contribution >= 0.6 is 11.6 Å². The Morgan fingerprint density at radius 1 is 1.14 bits per heavy atom. The Bertz CT molecular complexity index is 755. The maximum absolute atomic E-state index is 9.55. The molecule has 0 aliphatic rings. The Labute approximate surface area is 126 Å². The van der Waals surface area contributed by atoms with Crippen molar-refractivity contribution in [2.24, 2.45) is 0 Å². The van der Waals surface area contributed by atoms with Crippen molar-refractivity contribution in [2.75, 3.05) is 0 Å². The number of aliphatic hydroxyl groups excluding tert-OH is 1. The number of benzene rings is 2. The maximum Gasteiger partial charge on any atom is 0.205 e. The molecule has 0 bridgehead atoms. The molecular formula is C15H13ClN4O. The average molecular weight is 301 g/mol. The van der Waals surface area contributed by atoms with E-state index in [0.717, 1.165) is 11.1 Å². The summed E-state index contributed by atoms with van der Waals surface area (Å²) >= 11 is 6.22. The number of hydrogen-bond acceptors (Lipinski definition) is 4. The molecule has 3 aromatic rings. The molecule has 1 aromatic heterocycles. The predicted molar refractivity (Wildman–Crippen MR) is 80.2 cm³/mol. The molecule has 0 aliphatic heterocycles. The molecule has 0 aliphatic carbocycles. The van der Waals surface area contributed by atoms with Gasteiger partial charge in [-0.05, 0) is 29.8 Å². The van der Waals surface area contributed by atoms with E-state index in [1.807, 2.05) is 30.3 Å². The number of halogens is 1. The predicted octanol–water partition coefficient (Wildman–Crippen LogP) is 3.04. The summed E-state index contributed by atoms with van der Waals surface area (Å²) in [5.41, 5.74) is 2.25. The molecule has 5 nitrogen and oxygen atoms in total. The topological polar surface area (TPSA) is 63.8 Å². The van der Waals surface area contributed by atoms with Crippen molar-refractivity contribution < 1.29 is 5.11 Å². The Balaban J connectivity index is 1.97. The van der Waals surface area contributed by atoms with Gasteiger partial charge < -0.3 is 5.11 Å². The third kappa shape index (κ3) is 2.79. The van der Waals surface area contributed by atoms with Crippen LogP contribution in [0.25, 0.3) is 17.1 Å². The molecule has 21 heavy (non-hydrogen) atoms. The fourth-order valence-electron chi connectivity index (χ4n) is 1.96. The summed E-state index contributed by atoms with van der Waals surface area (Å²) < 4.78 is 0. The van der Waals surface area contributed by atoms with Crippen molar-refractivity contribution in [1.82, 2.24) is 20.2 Å². The Kier molecular flexibility index (Phi) is 3.68. The number of aromatic nitrogens is 4. The smallest absolute Gasteiger partial charge is 0.205 e. The van der Waals surface area contributed by atoms with Gasteiger partial charge in [-0.1, -0.05) is 48.0 Å². The van der Waals surface area contributed by atoms with Crippen LogP contribution in [0.2, 0.25) is 5.02 Å². The Morgan fingerprint density at radius 2 is 1.90 bits per heavy atom. The molecule has 0 saturated carbocycles. The lowest BCUT2D eigenvalue weighted by atomic mass is 10.1. The molecule has 1 atom stereocenters. The third-order valence-electron chi connectivity index (χ3n) is 3.12. The molecule has 0 unspecified atom stereocenters. The van der Waals surface area contributed by atoms with Gasteiger partial charge in [0.05, 0.1) is 11.1 Å². The highest BCUT2D eigenvalue weighted by Crippen LogP contribution is 2.24. The van der Waals surface area contributed by atoms with Crippen molar-refractivity contribution in [3.63, 3.8) is 0 Å². The van der Waals surface area contributed by atoms with Gasteiger partial charge in [0.1, 0.15) is 5.69 Å². The fourth-order valence-corrected chi connectivity index (χ4v) is 2.23. The quantitative estimate of drug-likeness (QED) is 0.807. The van der Waals surface area contributed by atoms with E-state index >= 15 is 0 Å². The van der Waals surface area contributed by atoms with Crippen LogP contribution in [-0.4, -0.2) is 25.3 Å². The minimum Gasteiger partial charge on any atom is -0.389 e. The van der Waals surface area contributed by atoms with E-state index in [1.165, 1.54) is 4.80 Å². The molecule has 6 heteroatoms. The van der Waals surface area contributed by atoms with Crippen molar-refractivity contribution in [2.45, 2.75) is 13.0 Å². The molecule has 0 spiro atoms. The first-order valence-corrected chi connectivity index (χ1v) is 6.86. The minimum absolute atomic E-state index is 0.463. The van der Waals surface area contributed by atoms with Gasteiger partial charge >= 0.3 is 0 Å². The number of rotatable bonds is 3. The van der Waals surface area contributed by atoms with Gasteiger partial charge in [-0.15, -0.1) is 15.0 Å². The van der Waals surface area contributed by atoms with Gasteiger partial charge in [0.15, 0.2) is 0 Å². The molecule has 0 amide bonds. The summed E-state index contributed by atoms with van der Waals surface area (Å²) in [5.74, 6) is 0.534. The molecule has 0 fully saturated rings. The van der Waals surface area contributed by atoms with Gasteiger partial charge in [0.25, 0.3) is 0 Å². The Morgan fingerprint density at radius 3 is 2.57 bits per heavy atom. The van der Waals surface area contributed by atoms with Crippen LogP contribution < -0.4 is 0 Å². The second-order valence-electron chi connectivity index (χ2n) is 4.66. The fraction of sp³-hybridized carbons (Fsp3) is 0.133. The van der Waals surface area contributed by atoms with Crippen molar-refractivity contribution in [1.29, 1.82) is 0 Å². The van der Waals surface area contributed by atoms with Gasteiger partial charge in [-0.25, -0.2) is 0 Å². The lowest BCUT2D eigenvalue weighted by Crippen LogP contribution is -2.01. The average Bonchev–Trinajstić information content (AvgIpc) is 2.97.